The lowest BCUT2D eigenvalue weighted by atomic mass is 9.90. The highest BCUT2D eigenvalue weighted by molar-refractivity contribution is 6.07. The van der Waals surface area contributed by atoms with Gasteiger partial charge in [0, 0.05) is 27.6 Å². The van der Waals surface area contributed by atoms with E-state index in [1.54, 1.807) is 0 Å². The maximum absolute atomic E-state index is 6.40. The largest absolute Gasteiger partial charge is 0.456 e. The zero-order valence-electron chi connectivity index (χ0n) is 26.3. The number of ether oxygens (including phenoxy) is 1. The maximum atomic E-state index is 6.40. The molecule has 0 unspecified atom stereocenters. The zero-order chi connectivity index (χ0) is 32.3. The van der Waals surface area contributed by atoms with E-state index < -0.39 is 0 Å². The quantitative estimate of drug-likeness (QED) is 0.195. The third-order valence-corrected chi connectivity index (χ3v) is 9.51. The molecule has 228 valence electrons. The third kappa shape index (κ3) is 4.57. The average molecular weight is 626 g/mol. The van der Waals surface area contributed by atoms with E-state index in [1.165, 1.54) is 16.3 Å². The van der Waals surface area contributed by atoms with Crippen LogP contribution in [0.4, 0.5) is 0 Å². The molecule has 4 nitrogen and oxygen atoms in total. The first-order valence-electron chi connectivity index (χ1n) is 16.4. The first-order valence-corrected chi connectivity index (χ1v) is 16.4. The Morgan fingerprint density at radius 1 is 0.327 bits per heavy atom. The smallest absolute Gasteiger partial charge is 0.164 e. The summed E-state index contributed by atoms with van der Waals surface area (Å²) in [7, 11) is 0. The van der Waals surface area contributed by atoms with Crippen LogP contribution in [0.15, 0.2) is 164 Å². The highest BCUT2D eigenvalue weighted by atomic mass is 16.5. The molecule has 0 spiro atoms. The van der Waals surface area contributed by atoms with E-state index in [1.807, 2.05) is 36.4 Å². The van der Waals surface area contributed by atoms with Crippen LogP contribution in [0.25, 0.3) is 88.7 Å². The highest BCUT2D eigenvalue weighted by Crippen LogP contribution is 2.48. The monoisotopic (exact) mass is 625 g/mol. The lowest BCUT2D eigenvalue weighted by Gasteiger charge is -2.22. The predicted octanol–water partition coefficient (Wildman–Crippen LogP) is 11.8. The molecule has 0 saturated heterocycles. The van der Waals surface area contributed by atoms with Crippen LogP contribution in [0.2, 0.25) is 0 Å². The van der Waals surface area contributed by atoms with Crippen molar-refractivity contribution < 1.29 is 4.74 Å². The summed E-state index contributed by atoms with van der Waals surface area (Å²) < 4.78 is 6.40. The lowest BCUT2D eigenvalue weighted by molar-refractivity contribution is 0.487. The van der Waals surface area contributed by atoms with Gasteiger partial charge >= 0.3 is 0 Å². The second kappa shape index (κ2) is 11.0. The number of benzene rings is 8. The van der Waals surface area contributed by atoms with Gasteiger partial charge in [-0.1, -0.05) is 133 Å². The molecule has 49 heavy (non-hydrogen) atoms. The fraction of sp³-hybridized carbons (Fsp3) is 0. The molecule has 1 aliphatic rings. The van der Waals surface area contributed by atoms with Gasteiger partial charge in [-0.05, 0) is 74.0 Å². The fourth-order valence-electron chi connectivity index (χ4n) is 7.15. The Morgan fingerprint density at radius 3 is 1.84 bits per heavy atom. The summed E-state index contributed by atoms with van der Waals surface area (Å²) in [5, 5.41) is 6.87. The first kappa shape index (κ1) is 27.5. The van der Waals surface area contributed by atoms with Crippen molar-refractivity contribution in [2.24, 2.45) is 0 Å². The fourth-order valence-corrected chi connectivity index (χ4v) is 7.15. The summed E-state index contributed by atoms with van der Waals surface area (Å²) in [5.41, 5.74) is 7.41. The molecule has 4 heteroatoms. The molecule has 0 saturated carbocycles. The van der Waals surface area contributed by atoms with Gasteiger partial charge in [-0.15, -0.1) is 0 Å². The average Bonchev–Trinajstić information content (AvgIpc) is 3.17. The Morgan fingerprint density at radius 2 is 0.980 bits per heavy atom. The van der Waals surface area contributed by atoms with Gasteiger partial charge in [0.05, 0.1) is 0 Å². The molecule has 0 aliphatic carbocycles. The van der Waals surface area contributed by atoms with Crippen molar-refractivity contribution in [2.75, 3.05) is 0 Å². The standard InChI is InChI=1S/C45H27N3O/c1-2-11-30(12-3-1)43-46-44(33-21-20-28-10-4-5-13-31(28)26-33)48-45(47-43)38-24-23-34(35-16-6-7-17-36(35)38)32-22-25-40-39(27-32)37-18-8-14-29-15-9-19-41(49-40)42(29)37/h1-27H. The molecule has 8 aromatic carbocycles. The van der Waals surface area contributed by atoms with Gasteiger partial charge < -0.3 is 4.74 Å². The van der Waals surface area contributed by atoms with Crippen LogP contribution >= 0.6 is 0 Å². The van der Waals surface area contributed by atoms with Crippen molar-refractivity contribution in [2.45, 2.75) is 0 Å². The molecule has 2 heterocycles. The van der Waals surface area contributed by atoms with Gasteiger partial charge in [0.15, 0.2) is 17.5 Å². The summed E-state index contributed by atoms with van der Waals surface area (Å²) in [6.45, 7) is 0. The van der Waals surface area contributed by atoms with Gasteiger partial charge in [-0.25, -0.2) is 15.0 Å². The van der Waals surface area contributed by atoms with Gasteiger partial charge in [0.1, 0.15) is 11.5 Å². The topological polar surface area (TPSA) is 47.9 Å². The molecule has 0 atom stereocenters. The van der Waals surface area contributed by atoms with Crippen LogP contribution in [0.3, 0.4) is 0 Å². The molecule has 0 bridgehead atoms. The number of hydrogen-bond donors (Lipinski definition) is 0. The molecular formula is C45H27N3O. The molecular weight excluding hydrogens is 599 g/mol. The molecule has 10 rings (SSSR count). The molecule has 9 aromatic rings. The molecule has 0 N–H and O–H groups in total. The van der Waals surface area contributed by atoms with Crippen LogP contribution in [0.5, 0.6) is 11.5 Å². The van der Waals surface area contributed by atoms with Gasteiger partial charge in [-0.2, -0.15) is 0 Å². The van der Waals surface area contributed by atoms with Crippen LogP contribution in [-0.4, -0.2) is 15.0 Å². The van der Waals surface area contributed by atoms with Crippen LogP contribution in [0.1, 0.15) is 0 Å². The summed E-state index contributed by atoms with van der Waals surface area (Å²) in [6.07, 6.45) is 0. The number of rotatable bonds is 4. The Balaban J connectivity index is 1.14. The van der Waals surface area contributed by atoms with Crippen LogP contribution < -0.4 is 4.74 Å². The SMILES string of the molecule is c1ccc(-c2nc(-c3ccc4ccccc4c3)nc(-c3ccc(-c4ccc5c(c4)-c4cccc6cccc(c46)O5)c4ccccc34)n2)cc1. The lowest BCUT2D eigenvalue weighted by Crippen LogP contribution is -2.01. The Bertz CT molecular complexity index is 2750. The van der Waals surface area contributed by atoms with Crippen molar-refractivity contribution in [3.8, 4) is 67.9 Å². The number of fused-ring (bicyclic) bond motifs is 4. The normalized spacial score (nSPS) is 11.8. The maximum Gasteiger partial charge on any atom is 0.164 e. The predicted molar refractivity (Wildman–Crippen MR) is 200 cm³/mol. The first-order chi connectivity index (χ1) is 24.3. The Kier molecular flexibility index (Phi) is 6.15. The van der Waals surface area contributed by atoms with E-state index in [9.17, 15) is 0 Å². The van der Waals surface area contributed by atoms with E-state index in [2.05, 4.69) is 127 Å². The van der Waals surface area contributed by atoms with Crippen LogP contribution in [-0.2, 0) is 0 Å². The Labute approximate surface area is 283 Å². The van der Waals surface area contributed by atoms with E-state index in [0.29, 0.717) is 17.5 Å². The molecule has 1 aromatic heterocycles. The Hall–Kier alpha value is -6.65. The van der Waals surface area contributed by atoms with E-state index in [4.69, 9.17) is 19.7 Å². The minimum Gasteiger partial charge on any atom is -0.456 e. The second-order valence-electron chi connectivity index (χ2n) is 12.4. The third-order valence-electron chi connectivity index (χ3n) is 9.51. The molecule has 0 fully saturated rings. The molecule has 0 radical (unpaired) electrons. The minimum atomic E-state index is 0.641. The summed E-state index contributed by atoms with van der Waals surface area (Å²) in [6, 6.07) is 56.9. The summed E-state index contributed by atoms with van der Waals surface area (Å²) in [5.74, 6) is 3.70. The van der Waals surface area contributed by atoms with Crippen LogP contribution in [0, 0.1) is 0 Å². The summed E-state index contributed by atoms with van der Waals surface area (Å²) >= 11 is 0. The zero-order valence-corrected chi connectivity index (χ0v) is 26.3. The number of nitrogens with zero attached hydrogens (tertiary/aromatic N) is 3. The molecule has 1 aliphatic heterocycles. The van der Waals surface area contributed by atoms with Gasteiger partial charge in [-0.3, -0.25) is 0 Å². The van der Waals surface area contributed by atoms with Crippen molar-refractivity contribution >= 4 is 32.3 Å². The van der Waals surface area contributed by atoms with E-state index in [0.717, 1.165) is 66.4 Å². The number of aromatic nitrogens is 3. The molecule has 0 amide bonds. The van der Waals surface area contributed by atoms with Crippen molar-refractivity contribution in [3.63, 3.8) is 0 Å². The second-order valence-corrected chi connectivity index (χ2v) is 12.4. The minimum absolute atomic E-state index is 0.641. The number of hydrogen-bond acceptors (Lipinski definition) is 4. The summed E-state index contributed by atoms with van der Waals surface area (Å²) in [4.78, 5) is 15.2. The van der Waals surface area contributed by atoms with Gasteiger partial charge in [0.2, 0.25) is 0 Å². The van der Waals surface area contributed by atoms with Crippen molar-refractivity contribution in [1.29, 1.82) is 0 Å². The van der Waals surface area contributed by atoms with Gasteiger partial charge in [0.25, 0.3) is 0 Å². The van der Waals surface area contributed by atoms with Crippen molar-refractivity contribution in [3.05, 3.63) is 164 Å². The highest BCUT2D eigenvalue weighted by Gasteiger charge is 2.21. The van der Waals surface area contributed by atoms with Crippen molar-refractivity contribution in [1.82, 2.24) is 15.0 Å². The van der Waals surface area contributed by atoms with E-state index in [-0.39, 0.29) is 0 Å². The van der Waals surface area contributed by atoms with E-state index >= 15 is 0 Å².